The lowest BCUT2D eigenvalue weighted by Crippen LogP contribution is -2.44. The monoisotopic (exact) mass is 425 g/mol. The van der Waals surface area contributed by atoms with Crippen molar-refractivity contribution in [1.29, 1.82) is 0 Å². The molecule has 7 nitrogen and oxygen atoms in total. The molecule has 0 unspecified atom stereocenters. The van der Waals surface area contributed by atoms with Gasteiger partial charge in [0.1, 0.15) is 5.03 Å². The largest absolute Gasteiger partial charge is 0.354 e. The number of rotatable bonds is 7. The van der Waals surface area contributed by atoms with Crippen LogP contribution in [0.3, 0.4) is 0 Å². The average molecular weight is 426 g/mol. The molecule has 2 N–H and O–H groups in total. The van der Waals surface area contributed by atoms with Crippen molar-refractivity contribution in [1.82, 2.24) is 15.5 Å². The van der Waals surface area contributed by atoms with Gasteiger partial charge in [0.25, 0.3) is 0 Å². The molecule has 1 atom stereocenters. The second-order valence-electron chi connectivity index (χ2n) is 7.95. The Balaban J connectivity index is 1.27. The number of aryl methyl sites for hydroxylation is 1. The van der Waals surface area contributed by atoms with Crippen LogP contribution in [0.4, 0.5) is 11.5 Å². The van der Waals surface area contributed by atoms with Crippen LogP contribution in [-0.4, -0.2) is 46.9 Å². The fraction of sp³-hybridized carbons (Fsp3) is 0.455. The molecular weight excluding hydrogens is 398 g/mol. The second kappa shape index (κ2) is 9.47. The van der Waals surface area contributed by atoms with Crippen LogP contribution in [0.25, 0.3) is 0 Å². The Kier molecular flexibility index (Phi) is 6.52. The zero-order valence-corrected chi connectivity index (χ0v) is 18.0. The summed E-state index contributed by atoms with van der Waals surface area (Å²) in [5.74, 6) is 1.17. The molecule has 1 aromatic carbocycles. The quantitative estimate of drug-likeness (QED) is 0.663. The maximum Gasteiger partial charge on any atom is 0.234 e. The van der Waals surface area contributed by atoms with Crippen molar-refractivity contribution in [3.8, 4) is 0 Å². The summed E-state index contributed by atoms with van der Waals surface area (Å²) in [6.07, 6.45) is 4.11. The molecule has 158 valence electrons. The highest BCUT2D eigenvalue weighted by molar-refractivity contribution is 7.99. The molecule has 2 amide bonds. The van der Waals surface area contributed by atoms with Crippen LogP contribution in [0.1, 0.15) is 31.2 Å². The van der Waals surface area contributed by atoms with E-state index in [2.05, 4.69) is 25.7 Å². The third kappa shape index (κ3) is 5.50. The molecule has 1 saturated heterocycles. The summed E-state index contributed by atoms with van der Waals surface area (Å²) in [5.41, 5.74) is 1.86. The third-order valence-electron chi connectivity index (χ3n) is 5.44. The van der Waals surface area contributed by atoms with Gasteiger partial charge in [0.05, 0.1) is 11.7 Å². The summed E-state index contributed by atoms with van der Waals surface area (Å²) in [5, 5.41) is 15.3. The van der Waals surface area contributed by atoms with Crippen LogP contribution < -0.4 is 15.5 Å². The lowest BCUT2D eigenvalue weighted by atomic mass is 9.97. The van der Waals surface area contributed by atoms with E-state index in [1.807, 2.05) is 43.3 Å². The zero-order valence-electron chi connectivity index (χ0n) is 17.1. The zero-order chi connectivity index (χ0) is 20.9. The van der Waals surface area contributed by atoms with Crippen LogP contribution >= 0.6 is 11.8 Å². The topological polar surface area (TPSA) is 87.2 Å². The predicted molar refractivity (Wildman–Crippen MR) is 119 cm³/mol. The Morgan fingerprint density at radius 3 is 2.70 bits per heavy atom. The van der Waals surface area contributed by atoms with E-state index in [0.717, 1.165) is 49.3 Å². The number of piperidine rings is 1. The van der Waals surface area contributed by atoms with Crippen molar-refractivity contribution in [3.63, 3.8) is 0 Å². The third-order valence-corrected chi connectivity index (χ3v) is 6.36. The molecule has 1 saturated carbocycles. The number of hydrogen-bond donors (Lipinski definition) is 2. The van der Waals surface area contributed by atoms with Crippen molar-refractivity contribution in [2.75, 3.05) is 29.1 Å². The molecule has 0 radical (unpaired) electrons. The molecule has 30 heavy (non-hydrogen) atoms. The van der Waals surface area contributed by atoms with Gasteiger partial charge >= 0.3 is 0 Å². The van der Waals surface area contributed by atoms with E-state index in [-0.39, 0.29) is 23.5 Å². The van der Waals surface area contributed by atoms with E-state index in [9.17, 15) is 9.59 Å². The number of benzene rings is 1. The number of anilines is 2. The van der Waals surface area contributed by atoms with Gasteiger partial charge in [-0.25, -0.2) is 0 Å². The maximum atomic E-state index is 12.4. The number of thioether (sulfide) groups is 1. The van der Waals surface area contributed by atoms with Crippen LogP contribution in [0.2, 0.25) is 0 Å². The van der Waals surface area contributed by atoms with Crippen molar-refractivity contribution < 1.29 is 9.59 Å². The Bertz CT molecular complexity index is 901. The summed E-state index contributed by atoms with van der Waals surface area (Å²) >= 11 is 1.36. The second-order valence-corrected chi connectivity index (χ2v) is 8.95. The lowest BCUT2D eigenvalue weighted by molar-refractivity contribution is -0.125. The molecule has 2 fully saturated rings. The van der Waals surface area contributed by atoms with E-state index < -0.39 is 0 Å². The summed E-state index contributed by atoms with van der Waals surface area (Å²) in [6, 6.07) is 11.9. The van der Waals surface area contributed by atoms with Gasteiger partial charge in [-0.2, -0.15) is 0 Å². The fourth-order valence-electron chi connectivity index (χ4n) is 3.54. The van der Waals surface area contributed by atoms with Crippen LogP contribution in [0, 0.1) is 12.8 Å². The Morgan fingerprint density at radius 2 is 1.97 bits per heavy atom. The fourth-order valence-corrected chi connectivity index (χ4v) is 4.16. The number of aromatic nitrogens is 2. The first-order valence-electron chi connectivity index (χ1n) is 10.5. The molecule has 1 aromatic heterocycles. The summed E-state index contributed by atoms with van der Waals surface area (Å²) in [4.78, 5) is 26.7. The minimum absolute atomic E-state index is 0.0142. The molecular formula is C22H27N5O2S. The number of hydrogen-bond acceptors (Lipinski definition) is 6. The number of carbonyl (C=O) groups is 2. The summed E-state index contributed by atoms with van der Waals surface area (Å²) in [6.45, 7) is 3.53. The SMILES string of the molecule is Cc1ccccc1NC(=O)CSc1ccc(N2CCC[C@@H](C(=O)NC3CC3)C2)nn1. The van der Waals surface area contributed by atoms with Gasteiger partial charge in [0.2, 0.25) is 11.8 Å². The average Bonchev–Trinajstić information content (AvgIpc) is 3.58. The van der Waals surface area contributed by atoms with Gasteiger partial charge in [-0.1, -0.05) is 30.0 Å². The van der Waals surface area contributed by atoms with Gasteiger partial charge in [-0.05, 0) is 56.4 Å². The standard InChI is InChI=1S/C22H27N5O2S/c1-15-5-2-3-7-18(15)24-20(28)14-30-21-11-10-19(25-26-21)27-12-4-6-16(13-27)22(29)23-17-8-9-17/h2-3,5,7,10-11,16-17H,4,6,8-9,12-14H2,1H3,(H,23,29)(H,24,28)/t16-/m1/s1. The lowest BCUT2D eigenvalue weighted by Gasteiger charge is -2.32. The number of amides is 2. The van der Waals surface area contributed by atoms with E-state index in [4.69, 9.17) is 0 Å². The highest BCUT2D eigenvalue weighted by Gasteiger charge is 2.30. The summed E-state index contributed by atoms with van der Waals surface area (Å²) in [7, 11) is 0. The summed E-state index contributed by atoms with van der Waals surface area (Å²) < 4.78 is 0. The van der Waals surface area contributed by atoms with E-state index in [0.29, 0.717) is 17.6 Å². The van der Waals surface area contributed by atoms with Gasteiger partial charge in [-0.3, -0.25) is 9.59 Å². The van der Waals surface area contributed by atoms with Crippen molar-refractivity contribution in [3.05, 3.63) is 42.0 Å². The van der Waals surface area contributed by atoms with Crippen LogP contribution in [0.15, 0.2) is 41.4 Å². The minimum atomic E-state index is -0.0688. The molecule has 0 spiro atoms. The first-order chi connectivity index (χ1) is 14.6. The van der Waals surface area contributed by atoms with Crippen molar-refractivity contribution in [2.45, 2.75) is 43.7 Å². The molecule has 0 bridgehead atoms. The molecule has 8 heteroatoms. The minimum Gasteiger partial charge on any atom is -0.354 e. The maximum absolute atomic E-state index is 12.4. The van der Waals surface area contributed by atoms with E-state index in [1.54, 1.807) is 0 Å². The number of para-hydroxylation sites is 1. The van der Waals surface area contributed by atoms with Gasteiger partial charge in [0, 0.05) is 24.8 Å². The highest BCUT2D eigenvalue weighted by atomic mass is 32.2. The van der Waals surface area contributed by atoms with Crippen molar-refractivity contribution in [2.24, 2.45) is 5.92 Å². The van der Waals surface area contributed by atoms with Crippen molar-refractivity contribution >= 4 is 35.1 Å². The normalized spacial score (nSPS) is 18.7. The molecule has 2 aliphatic rings. The molecule has 1 aliphatic carbocycles. The first-order valence-corrected chi connectivity index (χ1v) is 11.4. The Morgan fingerprint density at radius 1 is 1.13 bits per heavy atom. The molecule has 2 aromatic rings. The van der Waals surface area contributed by atoms with Gasteiger partial charge in [-0.15, -0.1) is 10.2 Å². The molecule has 4 rings (SSSR count). The van der Waals surface area contributed by atoms with Gasteiger partial charge < -0.3 is 15.5 Å². The predicted octanol–water partition coefficient (Wildman–Crippen LogP) is 3.01. The number of carbonyl (C=O) groups excluding carboxylic acids is 2. The first kappa shape index (κ1) is 20.7. The van der Waals surface area contributed by atoms with Gasteiger partial charge in [0.15, 0.2) is 5.82 Å². The molecule has 1 aliphatic heterocycles. The van der Waals surface area contributed by atoms with Crippen LogP contribution in [-0.2, 0) is 9.59 Å². The Labute approximate surface area is 181 Å². The smallest absolute Gasteiger partial charge is 0.234 e. The van der Waals surface area contributed by atoms with E-state index in [1.165, 1.54) is 11.8 Å². The highest BCUT2D eigenvalue weighted by Crippen LogP contribution is 2.25. The Hall–Kier alpha value is -2.61. The number of nitrogens with one attached hydrogen (secondary N) is 2. The van der Waals surface area contributed by atoms with Crippen LogP contribution in [0.5, 0.6) is 0 Å². The molecule has 2 heterocycles. The van der Waals surface area contributed by atoms with E-state index >= 15 is 0 Å². The number of nitrogens with zero attached hydrogens (tertiary/aromatic N) is 3.